The van der Waals surface area contributed by atoms with E-state index in [1.165, 1.54) is 0 Å². The van der Waals surface area contributed by atoms with Crippen molar-refractivity contribution in [2.24, 2.45) is 5.73 Å². The zero-order chi connectivity index (χ0) is 7.28. The Hall–Kier alpha value is -0.860. The predicted octanol–water partition coefficient (Wildman–Crippen LogP) is 0.682. The van der Waals surface area contributed by atoms with E-state index in [1.54, 1.807) is 6.92 Å². The van der Waals surface area contributed by atoms with Crippen LogP contribution in [0, 0.1) is 5.41 Å². The average Bonchev–Trinajstić information content (AvgIpc) is 1.63. The Labute approximate surface area is 54.8 Å². The standard InChI is InChI=1S/C6H12N2O/c1-5(7)3-2-4-6(8)9/h7H,2-4H2,1H3,(H2,8,9). The van der Waals surface area contributed by atoms with Crippen molar-refractivity contribution >= 4 is 11.6 Å². The Kier molecular flexibility index (Phi) is 3.67. The molecule has 0 heterocycles. The summed E-state index contributed by atoms with van der Waals surface area (Å²) in [5, 5.41) is 6.99. The molecule has 0 spiro atoms. The molecule has 0 saturated carbocycles. The minimum absolute atomic E-state index is 0.281. The number of nitrogens with one attached hydrogen (secondary N) is 1. The third-order valence-corrected chi connectivity index (χ3v) is 0.975. The maximum Gasteiger partial charge on any atom is 0.217 e. The molecule has 3 heteroatoms. The molecule has 1 amide bonds. The van der Waals surface area contributed by atoms with Gasteiger partial charge in [-0.2, -0.15) is 0 Å². The van der Waals surface area contributed by atoms with E-state index in [0.29, 0.717) is 25.0 Å². The first-order chi connectivity index (χ1) is 4.13. The first kappa shape index (κ1) is 8.14. The van der Waals surface area contributed by atoms with Gasteiger partial charge in [-0.25, -0.2) is 0 Å². The number of hydrogen-bond donors (Lipinski definition) is 2. The lowest BCUT2D eigenvalue weighted by Gasteiger charge is -1.93. The lowest BCUT2D eigenvalue weighted by atomic mass is 10.2. The number of hydrogen-bond acceptors (Lipinski definition) is 2. The Bertz CT molecular complexity index is 106. The van der Waals surface area contributed by atoms with E-state index in [0.717, 1.165) is 0 Å². The second-order valence-electron chi connectivity index (χ2n) is 2.10. The van der Waals surface area contributed by atoms with Crippen molar-refractivity contribution in [3.63, 3.8) is 0 Å². The van der Waals surface area contributed by atoms with E-state index >= 15 is 0 Å². The van der Waals surface area contributed by atoms with E-state index in [-0.39, 0.29) is 5.91 Å². The zero-order valence-electron chi connectivity index (χ0n) is 5.61. The molecule has 0 aliphatic heterocycles. The number of carbonyl (C=O) groups excluding carboxylic acids is 1. The molecule has 0 atom stereocenters. The van der Waals surface area contributed by atoms with E-state index in [9.17, 15) is 4.79 Å². The molecule has 0 aromatic heterocycles. The van der Waals surface area contributed by atoms with Gasteiger partial charge in [0, 0.05) is 12.1 Å². The number of rotatable bonds is 4. The summed E-state index contributed by atoms with van der Waals surface area (Å²) in [4.78, 5) is 10.1. The molecule has 0 aliphatic rings. The highest BCUT2D eigenvalue weighted by Gasteiger charge is 1.93. The van der Waals surface area contributed by atoms with E-state index in [2.05, 4.69) is 0 Å². The van der Waals surface area contributed by atoms with Crippen LogP contribution in [0.25, 0.3) is 0 Å². The average molecular weight is 128 g/mol. The van der Waals surface area contributed by atoms with Crippen LogP contribution in [-0.4, -0.2) is 11.6 Å². The molecular formula is C6H12N2O. The Morgan fingerprint density at radius 3 is 2.44 bits per heavy atom. The molecule has 0 radical (unpaired) electrons. The quantitative estimate of drug-likeness (QED) is 0.537. The van der Waals surface area contributed by atoms with Crippen LogP contribution in [0.1, 0.15) is 26.2 Å². The molecule has 9 heavy (non-hydrogen) atoms. The lowest BCUT2D eigenvalue weighted by Crippen LogP contribution is -2.10. The maximum atomic E-state index is 10.1. The first-order valence-corrected chi connectivity index (χ1v) is 2.95. The van der Waals surface area contributed by atoms with Crippen LogP contribution in [0.4, 0.5) is 0 Å². The number of carbonyl (C=O) groups is 1. The fourth-order valence-corrected chi connectivity index (χ4v) is 0.528. The van der Waals surface area contributed by atoms with Crippen LogP contribution < -0.4 is 5.73 Å². The van der Waals surface area contributed by atoms with Gasteiger partial charge in [0.25, 0.3) is 0 Å². The summed E-state index contributed by atoms with van der Waals surface area (Å²) >= 11 is 0. The third kappa shape index (κ3) is 7.14. The monoisotopic (exact) mass is 128 g/mol. The molecule has 0 bridgehead atoms. The molecule has 0 saturated heterocycles. The third-order valence-electron chi connectivity index (χ3n) is 0.975. The highest BCUT2D eigenvalue weighted by atomic mass is 16.1. The molecule has 3 nitrogen and oxygen atoms in total. The van der Waals surface area contributed by atoms with Crippen molar-refractivity contribution in [2.45, 2.75) is 26.2 Å². The van der Waals surface area contributed by atoms with E-state index < -0.39 is 0 Å². The number of nitrogens with two attached hydrogens (primary N) is 1. The highest BCUT2D eigenvalue weighted by molar-refractivity contribution is 5.79. The van der Waals surface area contributed by atoms with E-state index in [1.807, 2.05) is 0 Å². The number of amides is 1. The lowest BCUT2D eigenvalue weighted by molar-refractivity contribution is -0.118. The molecule has 52 valence electrons. The van der Waals surface area contributed by atoms with Crippen molar-refractivity contribution in [1.82, 2.24) is 0 Å². The molecule has 0 aromatic carbocycles. The highest BCUT2D eigenvalue weighted by Crippen LogP contribution is 1.94. The summed E-state index contributed by atoms with van der Waals surface area (Å²) in [7, 11) is 0. The van der Waals surface area contributed by atoms with Gasteiger partial charge in [-0.15, -0.1) is 0 Å². The largest absolute Gasteiger partial charge is 0.370 e. The van der Waals surface area contributed by atoms with Crippen molar-refractivity contribution in [2.75, 3.05) is 0 Å². The SMILES string of the molecule is CC(=N)CCCC(N)=O. The summed E-state index contributed by atoms with van der Waals surface area (Å²) in [6.45, 7) is 1.72. The van der Waals surface area contributed by atoms with Crippen LogP contribution in [0.15, 0.2) is 0 Å². The minimum atomic E-state index is -0.281. The van der Waals surface area contributed by atoms with Crippen molar-refractivity contribution < 1.29 is 4.79 Å². The summed E-state index contributed by atoms with van der Waals surface area (Å²) in [5.41, 5.74) is 5.48. The van der Waals surface area contributed by atoms with Gasteiger partial charge < -0.3 is 11.1 Å². The number of primary amides is 1. The maximum absolute atomic E-state index is 10.1. The summed E-state index contributed by atoms with van der Waals surface area (Å²) in [6, 6.07) is 0. The van der Waals surface area contributed by atoms with Crippen LogP contribution >= 0.6 is 0 Å². The molecule has 0 unspecified atom stereocenters. The second kappa shape index (κ2) is 4.06. The smallest absolute Gasteiger partial charge is 0.217 e. The predicted molar refractivity (Wildman–Crippen MR) is 36.4 cm³/mol. The fraction of sp³-hybridized carbons (Fsp3) is 0.667. The van der Waals surface area contributed by atoms with Crippen LogP contribution in [0.2, 0.25) is 0 Å². The Morgan fingerprint density at radius 1 is 1.56 bits per heavy atom. The molecule has 3 N–H and O–H groups in total. The molecule has 0 fully saturated rings. The van der Waals surface area contributed by atoms with Gasteiger partial charge in [0.1, 0.15) is 0 Å². The van der Waals surface area contributed by atoms with Gasteiger partial charge in [0.15, 0.2) is 0 Å². The normalized spacial score (nSPS) is 9.00. The van der Waals surface area contributed by atoms with Crippen molar-refractivity contribution in [3.8, 4) is 0 Å². The van der Waals surface area contributed by atoms with Gasteiger partial charge in [0.2, 0.25) is 5.91 Å². The van der Waals surface area contributed by atoms with Crippen LogP contribution in [0.3, 0.4) is 0 Å². The molecular weight excluding hydrogens is 116 g/mol. The second-order valence-corrected chi connectivity index (χ2v) is 2.10. The summed E-state index contributed by atoms with van der Waals surface area (Å²) < 4.78 is 0. The van der Waals surface area contributed by atoms with Crippen molar-refractivity contribution in [3.05, 3.63) is 0 Å². The van der Waals surface area contributed by atoms with Gasteiger partial charge in [-0.05, 0) is 19.8 Å². The fourth-order valence-electron chi connectivity index (χ4n) is 0.528. The molecule has 0 aromatic rings. The first-order valence-electron chi connectivity index (χ1n) is 2.95. The van der Waals surface area contributed by atoms with E-state index in [4.69, 9.17) is 11.1 Å². The molecule has 0 aliphatic carbocycles. The van der Waals surface area contributed by atoms with Crippen molar-refractivity contribution in [1.29, 1.82) is 5.41 Å². The Morgan fingerprint density at radius 2 is 2.11 bits per heavy atom. The summed E-state index contributed by atoms with van der Waals surface area (Å²) in [6.07, 6.45) is 1.80. The van der Waals surface area contributed by atoms with Gasteiger partial charge in [-0.1, -0.05) is 0 Å². The van der Waals surface area contributed by atoms with Crippen LogP contribution in [0.5, 0.6) is 0 Å². The van der Waals surface area contributed by atoms with Gasteiger partial charge in [0.05, 0.1) is 0 Å². The molecule has 0 rings (SSSR count). The Balaban J connectivity index is 3.10. The zero-order valence-corrected chi connectivity index (χ0v) is 5.61. The minimum Gasteiger partial charge on any atom is -0.370 e. The van der Waals surface area contributed by atoms with Crippen LogP contribution in [-0.2, 0) is 4.79 Å². The topological polar surface area (TPSA) is 66.9 Å². The van der Waals surface area contributed by atoms with Gasteiger partial charge >= 0.3 is 0 Å². The van der Waals surface area contributed by atoms with Gasteiger partial charge in [-0.3, -0.25) is 4.79 Å². The summed E-state index contributed by atoms with van der Waals surface area (Å²) in [5.74, 6) is -0.281.